The molecule has 0 radical (unpaired) electrons. The lowest BCUT2D eigenvalue weighted by atomic mass is 9.85. The topological polar surface area (TPSA) is 76.1 Å². The third-order valence-electron chi connectivity index (χ3n) is 7.21. The van der Waals surface area contributed by atoms with Crippen molar-refractivity contribution in [3.8, 4) is 11.5 Å². The van der Waals surface area contributed by atoms with Crippen molar-refractivity contribution in [3.05, 3.63) is 94.6 Å². The van der Waals surface area contributed by atoms with Crippen LogP contribution in [-0.2, 0) is 21.4 Å². The first-order chi connectivity index (χ1) is 18.5. The Morgan fingerprint density at radius 3 is 2.33 bits per heavy atom. The van der Waals surface area contributed by atoms with E-state index in [9.17, 15) is 14.7 Å². The summed E-state index contributed by atoms with van der Waals surface area (Å²) in [6, 6.07) is 19.7. The van der Waals surface area contributed by atoms with Gasteiger partial charge in [-0.25, -0.2) is 0 Å². The van der Waals surface area contributed by atoms with Crippen LogP contribution < -0.4 is 14.4 Å². The maximum Gasteiger partial charge on any atom is 0.300 e. The SMILES string of the molecule is CC(C)Oc1ccc(N2C(=O)C(=O)/C(=C(\O)c3ccc4c(c3)CCCO4)C2c2ccc(C(C)(C)C)cc2)cc1. The summed E-state index contributed by atoms with van der Waals surface area (Å²) in [4.78, 5) is 28.6. The number of aliphatic hydroxyl groups is 1. The molecule has 0 aliphatic carbocycles. The minimum Gasteiger partial charge on any atom is -0.507 e. The van der Waals surface area contributed by atoms with Gasteiger partial charge in [-0.15, -0.1) is 0 Å². The van der Waals surface area contributed by atoms with Gasteiger partial charge >= 0.3 is 0 Å². The van der Waals surface area contributed by atoms with Gasteiger partial charge in [-0.1, -0.05) is 45.0 Å². The number of aliphatic hydroxyl groups excluding tert-OH is 1. The van der Waals surface area contributed by atoms with E-state index in [0.717, 1.165) is 35.3 Å². The molecule has 3 aromatic rings. The van der Waals surface area contributed by atoms with E-state index in [0.29, 0.717) is 23.6 Å². The van der Waals surface area contributed by atoms with Crippen molar-refractivity contribution in [2.45, 2.75) is 65.0 Å². The lowest BCUT2D eigenvalue weighted by molar-refractivity contribution is -0.132. The molecule has 2 heterocycles. The zero-order valence-corrected chi connectivity index (χ0v) is 23.2. The van der Waals surface area contributed by atoms with E-state index in [1.54, 1.807) is 30.3 Å². The first-order valence-corrected chi connectivity index (χ1v) is 13.5. The molecule has 1 unspecified atom stereocenters. The van der Waals surface area contributed by atoms with Crippen molar-refractivity contribution in [1.82, 2.24) is 0 Å². The molecular formula is C33H35NO5. The number of fused-ring (bicyclic) bond motifs is 1. The van der Waals surface area contributed by atoms with Gasteiger partial charge < -0.3 is 14.6 Å². The van der Waals surface area contributed by atoms with E-state index in [1.807, 2.05) is 50.2 Å². The van der Waals surface area contributed by atoms with Gasteiger partial charge in [-0.2, -0.15) is 0 Å². The summed E-state index contributed by atoms with van der Waals surface area (Å²) in [5.41, 5.74) is 3.91. The number of Topliss-reactive ketones (excluding diaryl/α,β-unsaturated/α-hetero) is 1. The first kappa shape index (κ1) is 26.5. The molecule has 0 aromatic heterocycles. The van der Waals surface area contributed by atoms with Crippen LogP contribution in [0.25, 0.3) is 5.76 Å². The van der Waals surface area contributed by atoms with Crippen LogP contribution in [0.15, 0.2) is 72.3 Å². The number of ketones is 1. The molecule has 0 saturated carbocycles. The van der Waals surface area contributed by atoms with Gasteiger partial charge in [0.15, 0.2) is 0 Å². The molecule has 1 atom stereocenters. The van der Waals surface area contributed by atoms with Gasteiger partial charge in [0.05, 0.1) is 24.3 Å². The average Bonchev–Trinajstić information content (AvgIpc) is 3.18. The number of hydrogen-bond acceptors (Lipinski definition) is 5. The monoisotopic (exact) mass is 525 g/mol. The number of benzene rings is 3. The third-order valence-corrected chi connectivity index (χ3v) is 7.21. The quantitative estimate of drug-likeness (QED) is 0.227. The van der Waals surface area contributed by atoms with Gasteiger partial charge in [0.25, 0.3) is 11.7 Å². The second-order valence-electron chi connectivity index (χ2n) is 11.5. The van der Waals surface area contributed by atoms with Gasteiger partial charge in [0.1, 0.15) is 17.3 Å². The number of rotatable bonds is 5. The number of nitrogens with zero attached hydrogens (tertiary/aromatic N) is 1. The summed E-state index contributed by atoms with van der Waals surface area (Å²) >= 11 is 0. The van der Waals surface area contributed by atoms with Crippen LogP contribution in [0.1, 0.15) is 69.3 Å². The Hall–Kier alpha value is -4.06. The second-order valence-corrected chi connectivity index (χ2v) is 11.5. The maximum atomic E-state index is 13.6. The molecule has 1 fully saturated rings. The Balaban J connectivity index is 1.64. The molecule has 202 valence electrons. The highest BCUT2D eigenvalue weighted by Crippen LogP contribution is 2.43. The summed E-state index contributed by atoms with van der Waals surface area (Å²) in [7, 11) is 0. The van der Waals surface area contributed by atoms with Crippen LogP contribution in [0.5, 0.6) is 11.5 Å². The predicted molar refractivity (Wildman–Crippen MR) is 152 cm³/mol. The van der Waals surface area contributed by atoms with Crippen molar-refractivity contribution in [2.24, 2.45) is 0 Å². The number of anilines is 1. The highest BCUT2D eigenvalue weighted by atomic mass is 16.5. The zero-order chi connectivity index (χ0) is 27.9. The number of carbonyl (C=O) groups excluding carboxylic acids is 2. The Morgan fingerprint density at radius 2 is 1.69 bits per heavy atom. The van der Waals surface area contributed by atoms with Crippen molar-refractivity contribution in [1.29, 1.82) is 0 Å². The number of aryl methyl sites for hydroxylation is 1. The largest absolute Gasteiger partial charge is 0.507 e. The fourth-order valence-corrected chi connectivity index (χ4v) is 5.20. The van der Waals surface area contributed by atoms with E-state index in [2.05, 4.69) is 20.8 Å². The second kappa shape index (κ2) is 10.3. The van der Waals surface area contributed by atoms with Gasteiger partial charge in [-0.05, 0) is 91.3 Å². The Bertz CT molecular complexity index is 1430. The Labute approximate surface area is 229 Å². The van der Waals surface area contributed by atoms with Gasteiger partial charge in [0, 0.05) is 11.3 Å². The average molecular weight is 526 g/mol. The molecule has 1 saturated heterocycles. The van der Waals surface area contributed by atoms with Crippen LogP contribution in [0.2, 0.25) is 0 Å². The minimum atomic E-state index is -0.789. The lowest BCUT2D eigenvalue weighted by Crippen LogP contribution is -2.29. The van der Waals surface area contributed by atoms with Crippen molar-refractivity contribution < 1.29 is 24.2 Å². The smallest absolute Gasteiger partial charge is 0.300 e. The molecule has 2 aliphatic heterocycles. The lowest BCUT2D eigenvalue weighted by Gasteiger charge is -2.27. The van der Waals surface area contributed by atoms with Crippen molar-refractivity contribution in [3.63, 3.8) is 0 Å². The number of amides is 1. The van der Waals surface area contributed by atoms with E-state index < -0.39 is 17.7 Å². The summed E-state index contributed by atoms with van der Waals surface area (Å²) in [5.74, 6) is -0.119. The molecule has 39 heavy (non-hydrogen) atoms. The van der Waals surface area contributed by atoms with Crippen LogP contribution in [-0.4, -0.2) is 29.5 Å². The standard InChI is InChI=1S/C33H35NO5/c1-20(2)39-26-15-13-25(14-16-26)34-29(21-8-11-24(12-9-21)33(3,4)5)28(31(36)32(34)37)30(35)23-10-17-27-22(19-23)7-6-18-38-27/h8-17,19-20,29,35H,6-7,18H2,1-5H3/b30-28-. The molecule has 0 spiro atoms. The predicted octanol–water partition coefficient (Wildman–Crippen LogP) is 6.72. The fraction of sp³-hybridized carbons (Fsp3) is 0.333. The van der Waals surface area contributed by atoms with Crippen molar-refractivity contribution in [2.75, 3.05) is 11.5 Å². The van der Waals surface area contributed by atoms with E-state index in [-0.39, 0.29) is 22.9 Å². The minimum absolute atomic E-state index is 0.00780. The Kier molecular flexibility index (Phi) is 6.98. The number of ether oxygens (including phenoxy) is 2. The highest BCUT2D eigenvalue weighted by Gasteiger charge is 2.47. The third kappa shape index (κ3) is 5.16. The molecule has 3 aromatic carbocycles. The molecule has 1 N–H and O–H groups in total. The molecule has 1 amide bonds. The normalized spacial score (nSPS) is 18.7. The zero-order valence-electron chi connectivity index (χ0n) is 23.2. The van der Waals surface area contributed by atoms with Gasteiger partial charge in [-0.3, -0.25) is 14.5 Å². The first-order valence-electron chi connectivity index (χ1n) is 13.5. The van der Waals surface area contributed by atoms with E-state index in [4.69, 9.17) is 9.47 Å². The maximum absolute atomic E-state index is 13.6. The highest BCUT2D eigenvalue weighted by molar-refractivity contribution is 6.51. The number of hydrogen-bond donors (Lipinski definition) is 1. The van der Waals surface area contributed by atoms with Crippen LogP contribution in [0.4, 0.5) is 5.69 Å². The Morgan fingerprint density at radius 1 is 1.00 bits per heavy atom. The molecule has 6 heteroatoms. The van der Waals surface area contributed by atoms with E-state index >= 15 is 0 Å². The summed E-state index contributed by atoms with van der Waals surface area (Å²) in [6.45, 7) is 11.0. The molecule has 5 rings (SSSR count). The van der Waals surface area contributed by atoms with Crippen LogP contribution in [0, 0.1) is 0 Å². The molecule has 6 nitrogen and oxygen atoms in total. The fourth-order valence-electron chi connectivity index (χ4n) is 5.20. The molecular weight excluding hydrogens is 490 g/mol. The summed E-state index contributed by atoms with van der Waals surface area (Å²) in [5, 5.41) is 11.6. The molecule has 2 aliphatic rings. The van der Waals surface area contributed by atoms with Crippen LogP contribution in [0.3, 0.4) is 0 Å². The summed E-state index contributed by atoms with van der Waals surface area (Å²) < 4.78 is 11.5. The summed E-state index contributed by atoms with van der Waals surface area (Å²) in [6.07, 6.45) is 1.72. The van der Waals surface area contributed by atoms with E-state index in [1.165, 1.54) is 4.90 Å². The van der Waals surface area contributed by atoms with Crippen LogP contribution >= 0.6 is 0 Å². The van der Waals surface area contributed by atoms with Crippen molar-refractivity contribution >= 4 is 23.1 Å². The van der Waals surface area contributed by atoms with Gasteiger partial charge in [0.2, 0.25) is 0 Å². The molecule has 0 bridgehead atoms. The number of carbonyl (C=O) groups is 2.